The van der Waals surface area contributed by atoms with Crippen molar-refractivity contribution < 1.29 is 29.4 Å². The molecule has 4 N–H and O–H groups in total. The number of carbonyl (C=O) groups is 2. The van der Waals surface area contributed by atoms with Crippen LogP contribution < -0.4 is 15.5 Å². The quantitative estimate of drug-likeness (QED) is 0.275. The lowest BCUT2D eigenvalue weighted by molar-refractivity contribution is -0.124. The number of aliphatic hydroxyl groups excluding tert-OH is 1. The molecular weight excluding hydrogens is 402 g/mol. The van der Waals surface area contributed by atoms with Gasteiger partial charge >= 0.3 is 6.09 Å². The van der Waals surface area contributed by atoms with Crippen LogP contribution in [0, 0.1) is 17.2 Å². The number of carbonyl (C=O) groups excluding carboxylic acids is 2. The summed E-state index contributed by atoms with van der Waals surface area (Å²) in [5.74, 6) is -0.679. The lowest BCUT2D eigenvalue weighted by Gasteiger charge is -2.23. The molecule has 0 aromatic heterocycles. The standard InChI is InChI=1S/C22H23N3O6/c1-15(5-10-20(27)25-29)21(17-3-2-4-19(13-17)30-12-11-26)31-22(28)24-18-8-6-16(14-23)7-9-18/h2-10,13,15,21,26,29H,11-12H2,1H3,(H,24,28)(H,25,27)/b10-5+/t15-,21+/m0/s1. The van der Waals surface area contributed by atoms with Gasteiger partial charge < -0.3 is 14.6 Å². The zero-order valence-corrected chi connectivity index (χ0v) is 16.8. The Labute approximate surface area is 179 Å². The van der Waals surface area contributed by atoms with Crippen molar-refractivity contribution in [2.75, 3.05) is 18.5 Å². The average Bonchev–Trinajstić information content (AvgIpc) is 2.80. The number of rotatable bonds is 9. The Morgan fingerprint density at radius 2 is 1.97 bits per heavy atom. The van der Waals surface area contributed by atoms with Gasteiger partial charge in [0.1, 0.15) is 18.5 Å². The molecule has 2 aromatic rings. The molecule has 0 spiro atoms. The van der Waals surface area contributed by atoms with Crippen LogP contribution in [0.25, 0.3) is 0 Å². The van der Waals surface area contributed by atoms with Crippen molar-refractivity contribution in [1.82, 2.24) is 5.48 Å². The maximum Gasteiger partial charge on any atom is 0.412 e. The number of benzene rings is 2. The molecule has 0 fully saturated rings. The van der Waals surface area contributed by atoms with Crippen molar-refractivity contribution in [3.8, 4) is 11.8 Å². The Balaban J connectivity index is 2.22. The number of nitriles is 1. The van der Waals surface area contributed by atoms with Crippen molar-refractivity contribution in [1.29, 1.82) is 5.26 Å². The normalized spacial score (nSPS) is 12.5. The van der Waals surface area contributed by atoms with Gasteiger partial charge in [0.15, 0.2) is 0 Å². The highest BCUT2D eigenvalue weighted by atomic mass is 16.6. The van der Waals surface area contributed by atoms with Crippen LogP contribution in [0.2, 0.25) is 0 Å². The molecule has 2 amide bonds. The van der Waals surface area contributed by atoms with Crippen LogP contribution >= 0.6 is 0 Å². The molecule has 0 radical (unpaired) electrons. The summed E-state index contributed by atoms with van der Waals surface area (Å²) in [6.07, 6.45) is 1.10. The minimum absolute atomic E-state index is 0.111. The molecular formula is C22H23N3O6. The second kappa shape index (κ2) is 12.0. The zero-order valence-electron chi connectivity index (χ0n) is 16.8. The summed E-state index contributed by atoms with van der Waals surface area (Å²) in [6, 6.07) is 15.1. The van der Waals surface area contributed by atoms with Gasteiger partial charge in [-0.3, -0.25) is 15.3 Å². The maximum atomic E-state index is 12.5. The van der Waals surface area contributed by atoms with Gasteiger partial charge in [0, 0.05) is 17.7 Å². The highest BCUT2D eigenvalue weighted by molar-refractivity contribution is 5.86. The highest BCUT2D eigenvalue weighted by Crippen LogP contribution is 2.30. The third kappa shape index (κ3) is 7.47. The number of ether oxygens (including phenoxy) is 2. The third-order valence-electron chi connectivity index (χ3n) is 4.18. The van der Waals surface area contributed by atoms with Crippen molar-refractivity contribution in [3.63, 3.8) is 0 Å². The number of anilines is 1. The van der Waals surface area contributed by atoms with Crippen LogP contribution in [0.3, 0.4) is 0 Å². The van der Waals surface area contributed by atoms with E-state index in [2.05, 4.69) is 5.32 Å². The molecule has 0 unspecified atom stereocenters. The Hall–Kier alpha value is -3.87. The first kappa shape index (κ1) is 23.4. The lowest BCUT2D eigenvalue weighted by Crippen LogP contribution is -2.22. The summed E-state index contributed by atoms with van der Waals surface area (Å²) in [5.41, 5.74) is 3.01. The van der Waals surface area contributed by atoms with Gasteiger partial charge in [-0.1, -0.05) is 25.1 Å². The fourth-order valence-corrected chi connectivity index (χ4v) is 2.69. The van der Waals surface area contributed by atoms with E-state index < -0.39 is 24.0 Å². The van der Waals surface area contributed by atoms with E-state index in [9.17, 15) is 9.59 Å². The number of amides is 2. The summed E-state index contributed by atoms with van der Waals surface area (Å²) in [6.45, 7) is 1.70. The summed E-state index contributed by atoms with van der Waals surface area (Å²) in [5, 5.41) is 29.1. The molecule has 0 saturated heterocycles. The Morgan fingerprint density at radius 3 is 2.61 bits per heavy atom. The second-order valence-electron chi connectivity index (χ2n) is 6.48. The Kier molecular flexibility index (Phi) is 9.04. The van der Waals surface area contributed by atoms with Gasteiger partial charge in [-0.2, -0.15) is 5.26 Å². The molecule has 2 aromatic carbocycles. The van der Waals surface area contributed by atoms with Crippen LogP contribution in [0.1, 0.15) is 24.2 Å². The molecule has 2 atom stereocenters. The maximum absolute atomic E-state index is 12.5. The number of aliphatic hydroxyl groups is 1. The number of hydrogen-bond acceptors (Lipinski definition) is 7. The van der Waals surface area contributed by atoms with Gasteiger partial charge in [0.2, 0.25) is 0 Å². The number of hydroxylamine groups is 1. The van der Waals surface area contributed by atoms with Crippen LogP contribution in [-0.4, -0.2) is 35.5 Å². The molecule has 0 bridgehead atoms. The smallest absolute Gasteiger partial charge is 0.412 e. The topological polar surface area (TPSA) is 141 Å². The zero-order chi connectivity index (χ0) is 22.6. The van der Waals surface area contributed by atoms with E-state index in [-0.39, 0.29) is 13.2 Å². The van der Waals surface area contributed by atoms with Gasteiger partial charge in [-0.05, 0) is 42.0 Å². The fourth-order valence-electron chi connectivity index (χ4n) is 2.69. The van der Waals surface area contributed by atoms with Gasteiger partial charge in [0.25, 0.3) is 5.91 Å². The summed E-state index contributed by atoms with van der Waals surface area (Å²) < 4.78 is 11.0. The number of nitrogens with one attached hydrogen (secondary N) is 2. The Morgan fingerprint density at radius 1 is 1.23 bits per heavy atom. The number of hydrogen-bond donors (Lipinski definition) is 4. The molecule has 0 aliphatic rings. The molecule has 0 aliphatic heterocycles. The number of nitrogens with zero attached hydrogens (tertiary/aromatic N) is 1. The molecule has 0 aliphatic carbocycles. The van der Waals surface area contributed by atoms with Gasteiger partial charge in [0.05, 0.1) is 18.2 Å². The van der Waals surface area contributed by atoms with E-state index in [1.165, 1.54) is 11.6 Å². The molecule has 0 heterocycles. The van der Waals surface area contributed by atoms with Crippen LogP contribution in [0.4, 0.5) is 10.5 Å². The van der Waals surface area contributed by atoms with E-state index >= 15 is 0 Å². The highest BCUT2D eigenvalue weighted by Gasteiger charge is 2.23. The Bertz CT molecular complexity index is 952. The molecule has 9 heteroatoms. The van der Waals surface area contributed by atoms with Crippen LogP contribution in [-0.2, 0) is 9.53 Å². The van der Waals surface area contributed by atoms with E-state index in [0.29, 0.717) is 22.6 Å². The third-order valence-corrected chi connectivity index (χ3v) is 4.18. The minimum atomic E-state index is -0.793. The van der Waals surface area contributed by atoms with Gasteiger partial charge in [-0.25, -0.2) is 10.3 Å². The van der Waals surface area contributed by atoms with E-state index in [1.807, 2.05) is 6.07 Å². The van der Waals surface area contributed by atoms with E-state index in [1.54, 1.807) is 55.5 Å². The van der Waals surface area contributed by atoms with Gasteiger partial charge in [-0.15, -0.1) is 0 Å². The summed E-state index contributed by atoms with van der Waals surface area (Å²) in [4.78, 5) is 23.8. The fraction of sp³-hybridized carbons (Fsp3) is 0.227. The predicted molar refractivity (Wildman–Crippen MR) is 111 cm³/mol. The van der Waals surface area contributed by atoms with Crippen molar-refractivity contribution in [3.05, 3.63) is 71.8 Å². The molecule has 162 valence electrons. The molecule has 9 nitrogen and oxygen atoms in total. The van der Waals surface area contributed by atoms with E-state index in [4.69, 9.17) is 25.0 Å². The van der Waals surface area contributed by atoms with E-state index in [0.717, 1.165) is 6.08 Å². The minimum Gasteiger partial charge on any atom is -0.491 e. The first-order chi connectivity index (χ1) is 15.0. The average molecular weight is 425 g/mol. The van der Waals surface area contributed by atoms with Crippen molar-refractivity contribution in [2.24, 2.45) is 5.92 Å². The van der Waals surface area contributed by atoms with Crippen molar-refractivity contribution >= 4 is 17.7 Å². The SMILES string of the molecule is C[C@@H](/C=C/C(=O)NO)[C@@H](OC(=O)Nc1ccc(C#N)cc1)c1cccc(OCCO)c1. The predicted octanol–water partition coefficient (Wildman–Crippen LogP) is 2.92. The molecule has 2 rings (SSSR count). The largest absolute Gasteiger partial charge is 0.491 e. The first-order valence-electron chi connectivity index (χ1n) is 9.40. The monoisotopic (exact) mass is 425 g/mol. The second-order valence-corrected chi connectivity index (χ2v) is 6.48. The molecule has 0 saturated carbocycles. The molecule has 31 heavy (non-hydrogen) atoms. The van der Waals surface area contributed by atoms with Crippen LogP contribution in [0.15, 0.2) is 60.7 Å². The first-order valence-corrected chi connectivity index (χ1v) is 9.40. The summed E-state index contributed by atoms with van der Waals surface area (Å²) in [7, 11) is 0. The summed E-state index contributed by atoms with van der Waals surface area (Å²) >= 11 is 0. The van der Waals surface area contributed by atoms with Crippen molar-refractivity contribution in [2.45, 2.75) is 13.0 Å². The van der Waals surface area contributed by atoms with Crippen LogP contribution in [0.5, 0.6) is 5.75 Å². The lowest BCUT2D eigenvalue weighted by atomic mass is 9.96.